The van der Waals surface area contributed by atoms with Crippen LogP contribution in [0.3, 0.4) is 0 Å². The summed E-state index contributed by atoms with van der Waals surface area (Å²) >= 11 is 0. The lowest BCUT2D eigenvalue weighted by molar-refractivity contribution is 0.138. The molecular weight excluding hydrogens is 429 g/mol. The molecule has 1 aromatic carbocycles. The van der Waals surface area contributed by atoms with Crippen molar-refractivity contribution < 1.29 is 26.3 Å². The Morgan fingerprint density at radius 2 is 1.87 bits per heavy atom. The van der Waals surface area contributed by atoms with E-state index in [2.05, 4.69) is 4.90 Å². The molecule has 2 aliphatic heterocycles. The monoisotopic (exact) mass is 460 g/mol. The molecule has 31 heavy (non-hydrogen) atoms. The van der Waals surface area contributed by atoms with E-state index in [4.69, 9.17) is 4.74 Å². The summed E-state index contributed by atoms with van der Waals surface area (Å²) in [6, 6.07) is 2.47. The summed E-state index contributed by atoms with van der Waals surface area (Å²) in [6.45, 7) is 5.75. The first-order chi connectivity index (χ1) is 14.4. The van der Waals surface area contributed by atoms with E-state index in [9.17, 15) is 21.6 Å². The molecule has 5 nitrogen and oxygen atoms in total. The highest BCUT2D eigenvalue weighted by atomic mass is 32.2. The van der Waals surface area contributed by atoms with Crippen molar-refractivity contribution in [3.63, 3.8) is 0 Å². The van der Waals surface area contributed by atoms with Crippen LogP contribution in [0.15, 0.2) is 18.2 Å². The summed E-state index contributed by atoms with van der Waals surface area (Å²) in [7, 11) is -3.29. The first-order valence-electron chi connectivity index (χ1n) is 10.6. The Morgan fingerprint density at radius 3 is 2.42 bits per heavy atom. The van der Waals surface area contributed by atoms with E-state index < -0.39 is 33.1 Å². The van der Waals surface area contributed by atoms with E-state index >= 15 is 0 Å². The van der Waals surface area contributed by atoms with Crippen molar-refractivity contribution in [2.75, 3.05) is 45.6 Å². The van der Waals surface area contributed by atoms with E-state index in [0.29, 0.717) is 36.4 Å². The molecule has 2 heterocycles. The molecule has 9 heteroatoms. The van der Waals surface area contributed by atoms with Gasteiger partial charge in [-0.2, -0.15) is 4.31 Å². The van der Waals surface area contributed by atoms with E-state index in [1.807, 2.05) is 0 Å². The summed E-state index contributed by atoms with van der Waals surface area (Å²) in [5.41, 5.74) is -0.127. The Morgan fingerprint density at radius 1 is 1.19 bits per heavy atom. The zero-order chi connectivity index (χ0) is 22.8. The second kappa shape index (κ2) is 9.50. The minimum absolute atomic E-state index is 0.188. The first kappa shape index (κ1) is 24.1. The van der Waals surface area contributed by atoms with Crippen LogP contribution in [0.25, 0.3) is 5.57 Å². The average molecular weight is 461 g/mol. The smallest absolute Gasteiger partial charge is 0.211 e. The lowest BCUT2D eigenvalue weighted by Gasteiger charge is -2.24. The second-order valence-electron chi connectivity index (χ2n) is 9.12. The molecule has 0 aliphatic carbocycles. The molecule has 0 aromatic heterocycles. The third kappa shape index (κ3) is 6.70. The fraction of sp³-hybridized carbons (Fsp3) is 0.636. The zero-order valence-corrected chi connectivity index (χ0v) is 19.2. The van der Waals surface area contributed by atoms with Gasteiger partial charge >= 0.3 is 0 Å². The molecule has 174 valence electrons. The first-order valence-corrected chi connectivity index (χ1v) is 12.4. The summed E-state index contributed by atoms with van der Waals surface area (Å²) in [6.07, 6.45) is 4.78. The Labute approximate surface area is 182 Å². The van der Waals surface area contributed by atoms with Crippen molar-refractivity contribution in [1.82, 2.24) is 9.21 Å². The van der Waals surface area contributed by atoms with E-state index in [-0.39, 0.29) is 19.7 Å². The molecule has 0 bridgehead atoms. The van der Waals surface area contributed by atoms with Gasteiger partial charge in [-0.05, 0) is 68.8 Å². The molecule has 1 fully saturated rings. The van der Waals surface area contributed by atoms with Crippen LogP contribution in [0.4, 0.5) is 13.2 Å². The standard InChI is InChI=1S/C22H31F3N2O3S/c1-22(2,25)15-26-8-4-16(14-26)7-11-30-21-19(23)12-18(13-20(21)24)17-5-9-27(10-6-17)31(3,28)29/h5,12-13,16H,4,6-11,14-15H2,1-3H3. The van der Waals surface area contributed by atoms with E-state index in [1.54, 1.807) is 19.9 Å². The Kier molecular flexibility index (Phi) is 7.38. The van der Waals surface area contributed by atoms with Crippen molar-refractivity contribution in [3.8, 4) is 5.75 Å². The van der Waals surface area contributed by atoms with Gasteiger partial charge in [0.25, 0.3) is 0 Å². The topological polar surface area (TPSA) is 49.9 Å². The molecule has 1 saturated heterocycles. The Balaban J connectivity index is 1.55. The van der Waals surface area contributed by atoms with Crippen molar-refractivity contribution in [3.05, 3.63) is 35.4 Å². The minimum atomic E-state index is -3.29. The summed E-state index contributed by atoms with van der Waals surface area (Å²) in [5.74, 6) is -1.61. The number of hydrogen-bond donors (Lipinski definition) is 0. The van der Waals surface area contributed by atoms with Gasteiger partial charge in [0.2, 0.25) is 10.0 Å². The maximum atomic E-state index is 14.5. The van der Waals surface area contributed by atoms with Crippen LogP contribution in [0.2, 0.25) is 0 Å². The van der Waals surface area contributed by atoms with Crippen LogP contribution in [0.1, 0.15) is 38.7 Å². The number of benzene rings is 1. The van der Waals surface area contributed by atoms with Crippen molar-refractivity contribution in [2.45, 2.75) is 38.8 Å². The fourth-order valence-electron chi connectivity index (χ4n) is 4.25. The van der Waals surface area contributed by atoms with Gasteiger partial charge in [-0.15, -0.1) is 0 Å². The van der Waals surface area contributed by atoms with Gasteiger partial charge in [0.15, 0.2) is 17.4 Å². The molecule has 1 atom stereocenters. The predicted molar refractivity (Wildman–Crippen MR) is 115 cm³/mol. The van der Waals surface area contributed by atoms with Gasteiger partial charge < -0.3 is 4.74 Å². The average Bonchev–Trinajstić information content (AvgIpc) is 3.08. The highest BCUT2D eigenvalue weighted by Crippen LogP contribution is 2.30. The van der Waals surface area contributed by atoms with E-state index in [0.717, 1.165) is 25.8 Å². The second-order valence-corrected chi connectivity index (χ2v) is 11.1. The minimum Gasteiger partial charge on any atom is -0.488 e. The van der Waals surface area contributed by atoms with E-state index in [1.165, 1.54) is 16.4 Å². The Hall–Kier alpha value is -1.58. The van der Waals surface area contributed by atoms with Crippen LogP contribution in [0, 0.1) is 17.6 Å². The van der Waals surface area contributed by atoms with Crippen molar-refractivity contribution in [2.24, 2.45) is 5.92 Å². The molecule has 1 aromatic rings. The molecule has 0 saturated carbocycles. The number of sulfonamides is 1. The van der Waals surface area contributed by atoms with Gasteiger partial charge in [0.1, 0.15) is 5.67 Å². The highest BCUT2D eigenvalue weighted by Gasteiger charge is 2.28. The molecule has 0 spiro atoms. The van der Waals surface area contributed by atoms with Crippen molar-refractivity contribution >= 4 is 15.6 Å². The van der Waals surface area contributed by atoms with Crippen LogP contribution in [-0.4, -0.2) is 68.9 Å². The number of likely N-dealkylation sites (tertiary alicyclic amines) is 1. The van der Waals surface area contributed by atoms with Gasteiger partial charge in [-0.1, -0.05) is 6.08 Å². The van der Waals surface area contributed by atoms with Crippen LogP contribution >= 0.6 is 0 Å². The molecule has 0 amide bonds. The SMILES string of the molecule is CC(C)(F)CN1CCC(CCOc2c(F)cc(C3=CCN(S(C)(=O)=O)CC3)cc2F)C1. The van der Waals surface area contributed by atoms with Gasteiger partial charge in [0, 0.05) is 26.2 Å². The van der Waals surface area contributed by atoms with Crippen LogP contribution in [-0.2, 0) is 10.0 Å². The summed E-state index contributed by atoms with van der Waals surface area (Å²) in [4.78, 5) is 2.07. The van der Waals surface area contributed by atoms with Gasteiger partial charge in [-0.25, -0.2) is 21.6 Å². The number of hydrogen-bond acceptors (Lipinski definition) is 4. The molecular formula is C22H31F3N2O3S. The number of halogens is 3. The summed E-state index contributed by atoms with van der Waals surface area (Å²) in [5, 5.41) is 0. The fourth-order valence-corrected chi connectivity index (χ4v) is 5.02. The van der Waals surface area contributed by atoms with Crippen LogP contribution in [0.5, 0.6) is 5.75 Å². The molecule has 3 rings (SSSR count). The third-order valence-corrected chi connectivity index (χ3v) is 7.02. The maximum absolute atomic E-state index is 14.5. The lowest BCUT2D eigenvalue weighted by Crippen LogP contribution is -2.34. The number of rotatable bonds is 8. The maximum Gasteiger partial charge on any atom is 0.211 e. The highest BCUT2D eigenvalue weighted by molar-refractivity contribution is 7.88. The van der Waals surface area contributed by atoms with Crippen LogP contribution < -0.4 is 4.74 Å². The van der Waals surface area contributed by atoms with Crippen molar-refractivity contribution in [1.29, 1.82) is 0 Å². The molecule has 1 unspecified atom stereocenters. The zero-order valence-electron chi connectivity index (χ0n) is 18.3. The Bertz CT molecular complexity index is 905. The number of alkyl halides is 1. The normalized spacial score (nSPS) is 21.4. The lowest BCUT2D eigenvalue weighted by atomic mass is 10.00. The third-order valence-electron chi connectivity index (χ3n) is 5.75. The number of nitrogens with zero attached hydrogens (tertiary/aromatic N) is 2. The molecule has 0 N–H and O–H groups in total. The largest absolute Gasteiger partial charge is 0.488 e. The molecule has 0 radical (unpaired) electrons. The molecule has 2 aliphatic rings. The summed E-state index contributed by atoms with van der Waals surface area (Å²) < 4.78 is 72.8. The predicted octanol–water partition coefficient (Wildman–Crippen LogP) is 3.85. The number of ether oxygens (including phenoxy) is 1. The quantitative estimate of drug-likeness (QED) is 0.591. The van der Waals surface area contributed by atoms with Gasteiger partial charge in [0.05, 0.1) is 12.9 Å². The van der Waals surface area contributed by atoms with Gasteiger partial charge in [-0.3, -0.25) is 4.90 Å².